The zero-order valence-corrected chi connectivity index (χ0v) is 13.9. The smallest absolute Gasteiger partial charge is 0.0244 e. The maximum Gasteiger partial charge on any atom is 0.0244 e. The zero-order chi connectivity index (χ0) is 14.4. The van der Waals surface area contributed by atoms with Crippen molar-refractivity contribution in [2.24, 2.45) is 11.8 Å². The van der Waals surface area contributed by atoms with Crippen molar-refractivity contribution in [3.05, 3.63) is 0 Å². The Bertz CT molecular complexity index is 238. The lowest BCUT2D eigenvalue weighted by molar-refractivity contribution is 0.0830. The molecule has 0 saturated carbocycles. The lowest BCUT2D eigenvalue weighted by Gasteiger charge is -2.43. The van der Waals surface area contributed by atoms with Crippen LogP contribution in [-0.4, -0.2) is 62.2 Å². The van der Waals surface area contributed by atoms with Crippen LogP contribution in [0.5, 0.6) is 0 Å². The molecule has 1 saturated heterocycles. The van der Waals surface area contributed by atoms with Crippen LogP contribution < -0.4 is 5.32 Å². The number of nitrogens with one attached hydrogen (secondary N) is 1. The van der Waals surface area contributed by atoms with Crippen LogP contribution in [0.2, 0.25) is 0 Å². The standard InChI is InChI=1S/C16H35N3/c1-13(2)15-12-19(10-8-7-9-18(5)6)16(11-17-15)14(3)4/h13-17H,7-12H2,1-6H3. The summed E-state index contributed by atoms with van der Waals surface area (Å²) in [5, 5.41) is 3.74. The lowest BCUT2D eigenvalue weighted by Crippen LogP contribution is -2.59. The molecule has 0 aromatic heterocycles. The van der Waals surface area contributed by atoms with E-state index in [1.165, 1.54) is 32.5 Å². The van der Waals surface area contributed by atoms with Crippen molar-refractivity contribution >= 4 is 0 Å². The van der Waals surface area contributed by atoms with Crippen molar-refractivity contribution in [3.63, 3.8) is 0 Å². The number of unbranched alkanes of at least 4 members (excludes halogenated alkanes) is 1. The van der Waals surface area contributed by atoms with Gasteiger partial charge in [-0.1, -0.05) is 27.7 Å². The Morgan fingerprint density at radius 1 is 1.11 bits per heavy atom. The van der Waals surface area contributed by atoms with E-state index < -0.39 is 0 Å². The first-order valence-corrected chi connectivity index (χ1v) is 8.04. The average molecular weight is 269 g/mol. The molecule has 2 unspecified atom stereocenters. The summed E-state index contributed by atoms with van der Waals surface area (Å²) in [7, 11) is 4.33. The van der Waals surface area contributed by atoms with Crippen molar-refractivity contribution in [1.29, 1.82) is 0 Å². The predicted octanol–water partition coefficient (Wildman–Crippen LogP) is 2.28. The minimum absolute atomic E-state index is 0.670. The van der Waals surface area contributed by atoms with Crippen LogP contribution in [0.15, 0.2) is 0 Å². The average Bonchev–Trinajstić information content (AvgIpc) is 2.33. The van der Waals surface area contributed by atoms with Crippen LogP contribution in [0, 0.1) is 11.8 Å². The minimum atomic E-state index is 0.670. The molecular formula is C16H35N3. The number of hydrogen-bond donors (Lipinski definition) is 1. The van der Waals surface area contributed by atoms with Gasteiger partial charge in [0.05, 0.1) is 0 Å². The van der Waals surface area contributed by atoms with Gasteiger partial charge in [-0.3, -0.25) is 4.90 Å². The van der Waals surface area contributed by atoms with Crippen molar-refractivity contribution < 1.29 is 0 Å². The van der Waals surface area contributed by atoms with E-state index in [2.05, 4.69) is 56.9 Å². The van der Waals surface area contributed by atoms with Gasteiger partial charge in [0, 0.05) is 25.2 Å². The molecule has 1 fully saturated rings. The Balaban J connectivity index is 2.43. The fourth-order valence-electron chi connectivity index (χ4n) is 2.96. The van der Waals surface area contributed by atoms with E-state index in [1.807, 2.05) is 0 Å². The fraction of sp³-hybridized carbons (Fsp3) is 1.00. The monoisotopic (exact) mass is 269 g/mol. The van der Waals surface area contributed by atoms with Gasteiger partial charge in [0.15, 0.2) is 0 Å². The van der Waals surface area contributed by atoms with Gasteiger partial charge in [-0.2, -0.15) is 0 Å². The quantitative estimate of drug-likeness (QED) is 0.715. The molecule has 0 bridgehead atoms. The summed E-state index contributed by atoms with van der Waals surface area (Å²) in [5.41, 5.74) is 0. The van der Waals surface area contributed by atoms with E-state index >= 15 is 0 Å². The normalized spacial score (nSPS) is 25.7. The molecule has 0 amide bonds. The number of hydrogen-bond acceptors (Lipinski definition) is 3. The molecule has 3 nitrogen and oxygen atoms in total. The van der Waals surface area contributed by atoms with Crippen LogP contribution in [0.3, 0.4) is 0 Å². The number of nitrogens with zero attached hydrogens (tertiary/aromatic N) is 2. The van der Waals surface area contributed by atoms with E-state index in [9.17, 15) is 0 Å². The van der Waals surface area contributed by atoms with Gasteiger partial charge >= 0.3 is 0 Å². The molecule has 0 spiro atoms. The second-order valence-electron chi connectivity index (χ2n) is 7.08. The molecule has 1 N–H and O–H groups in total. The first kappa shape index (κ1) is 16.9. The van der Waals surface area contributed by atoms with E-state index in [0.717, 1.165) is 18.4 Å². The predicted molar refractivity (Wildman–Crippen MR) is 84.6 cm³/mol. The highest BCUT2D eigenvalue weighted by Gasteiger charge is 2.30. The molecule has 3 heteroatoms. The Kier molecular flexibility index (Phi) is 7.33. The maximum atomic E-state index is 3.74. The van der Waals surface area contributed by atoms with Crippen molar-refractivity contribution in [1.82, 2.24) is 15.1 Å². The van der Waals surface area contributed by atoms with Crippen molar-refractivity contribution in [2.75, 3.05) is 40.3 Å². The van der Waals surface area contributed by atoms with Gasteiger partial charge in [-0.05, 0) is 51.9 Å². The molecule has 1 rings (SSSR count). The van der Waals surface area contributed by atoms with E-state index in [1.54, 1.807) is 0 Å². The van der Waals surface area contributed by atoms with Crippen LogP contribution in [0.1, 0.15) is 40.5 Å². The van der Waals surface area contributed by atoms with Gasteiger partial charge < -0.3 is 10.2 Å². The van der Waals surface area contributed by atoms with Crippen LogP contribution in [0.25, 0.3) is 0 Å². The molecule has 19 heavy (non-hydrogen) atoms. The minimum Gasteiger partial charge on any atom is -0.311 e. The fourth-order valence-corrected chi connectivity index (χ4v) is 2.96. The molecule has 0 aromatic carbocycles. The second-order valence-corrected chi connectivity index (χ2v) is 7.08. The Morgan fingerprint density at radius 3 is 2.32 bits per heavy atom. The lowest BCUT2D eigenvalue weighted by atomic mass is 9.94. The van der Waals surface area contributed by atoms with Crippen molar-refractivity contribution in [2.45, 2.75) is 52.6 Å². The van der Waals surface area contributed by atoms with Crippen LogP contribution in [0.4, 0.5) is 0 Å². The summed E-state index contributed by atoms with van der Waals surface area (Å²) in [5.74, 6) is 1.48. The molecule has 0 aliphatic carbocycles. The summed E-state index contributed by atoms with van der Waals surface area (Å²) >= 11 is 0. The summed E-state index contributed by atoms with van der Waals surface area (Å²) < 4.78 is 0. The highest BCUT2D eigenvalue weighted by molar-refractivity contribution is 4.88. The van der Waals surface area contributed by atoms with Crippen LogP contribution in [-0.2, 0) is 0 Å². The molecular weight excluding hydrogens is 234 g/mol. The Hall–Kier alpha value is -0.120. The molecule has 1 aliphatic rings. The van der Waals surface area contributed by atoms with Crippen molar-refractivity contribution in [3.8, 4) is 0 Å². The third-order valence-electron chi connectivity index (χ3n) is 4.36. The molecule has 2 atom stereocenters. The SMILES string of the molecule is CC(C)C1CN(CCCCN(C)C)C(C(C)C)CN1. The van der Waals surface area contributed by atoms with Gasteiger partial charge in [-0.25, -0.2) is 0 Å². The second kappa shape index (κ2) is 8.23. The van der Waals surface area contributed by atoms with E-state index in [0.29, 0.717) is 12.1 Å². The van der Waals surface area contributed by atoms with E-state index in [-0.39, 0.29) is 0 Å². The largest absolute Gasteiger partial charge is 0.311 e. The first-order valence-electron chi connectivity index (χ1n) is 8.04. The van der Waals surface area contributed by atoms with Crippen LogP contribution >= 0.6 is 0 Å². The van der Waals surface area contributed by atoms with Gasteiger partial charge in [-0.15, -0.1) is 0 Å². The third kappa shape index (κ3) is 5.80. The summed E-state index contributed by atoms with van der Waals surface area (Å²) in [6, 6.07) is 1.39. The Morgan fingerprint density at radius 2 is 1.79 bits per heavy atom. The third-order valence-corrected chi connectivity index (χ3v) is 4.36. The first-order chi connectivity index (χ1) is 8.91. The molecule has 1 aliphatic heterocycles. The molecule has 0 aromatic rings. The Labute approximate surface area is 120 Å². The highest BCUT2D eigenvalue weighted by Crippen LogP contribution is 2.18. The van der Waals surface area contributed by atoms with Gasteiger partial charge in [0.1, 0.15) is 0 Å². The topological polar surface area (TPSA) is 18.5 Å². The zero-order valence-electron chi connectivity index (χ0n) is 13.9. The summed E-state index contributed by atoms with van der Waals surface area (Å²) in [6.45, 7) is 14.2. The van der Waals surface area contributed by atoms with E-state index in [4.69, 9.17) is 0 Å². The maximum absolute atomic E-state index is 3.74. The molecule has 114 valence electrons. The van der Waals surface area contributed by atoms with Gasteiger partial charge in [0.25, 0.3) is 0 Å². The molecule has 1 heterocycles. The number of piperazine rings is 1. The summed E-state index contributed by atoms with van der Waals surface area (Å²) in [6.07, 6.45) is 2.64. The number of rotatable bonds is 7. The molecule has 0 radical (unpaired) electrons. The summed E-state index contributed by atoms with van der Waals surface area (Å²) in [4.78, 5) is 5.02. The highest BCUT2D eigenvalue weighted by atomic mass is 15.2. The van der Waals surface area contributed by atoms with Gasteiger partial charge in [0.2, 0.25) is 0 Å².